The largest absolute Gasteiger partial charge is 0.468 e. The second-order valence-corrected chi connectivity index (χ2v) is 7.75. The van der Waals surface area contributed by atoms with Crippen molar-refractivity contribution in [3.8, 4) is 5.88 Å². The molecule has 0 unspecified atom stereocenters. The van der Waals surface area contributed by atoms with Crippen molar-refractivity contribution < 1.29 is 22.7 Å². The van der Waals surface area contributed by atoms with E-state index in [9.17, 15) is 18.0 Å². The molecule has 168 valence electrons. The smallest absolute Gasteiger partial charge is 0.422 e. The Bertz CT molecular complexity index is 847. The van der Waals surface area contributed by atoms with Crippen molar-refractivity contribution in [2.45, 2.75) is 25.7 Å². The first-order chi connectivity index (χ1) is 14.8. The highest BCUT2D eigenvalue weighted by atomic mass is 35.5. The molecule has 2 amide bonds. The van der Waals surface area contributed by atoms with Gasteiger partial charge in [-0.25, -0.2) is 9.78 Å². The molecular formula is C21H24ClF3N4O2. The lowest BCUT2D eigenvalue weighted by atomic mass is 10.2. The highest BCUT2D eigenvalue weighted by Gasteiger charge is 2.28. The molecule has 0 saturated carbocycles. The molecule has 1 fully saturated rings. The molecule has 0 atom stereocenters. The van der Waals surface area contributed by atoms with Gasteiger partial charge < -0.3 is 15.0 Å². The average molecular weight is 457 g/mol. The van der Waals surface area contributed by atoms with E-state index in [-0.39, 0.29) is 18.5 Å². The van der Waals surface area contributed by atoms with Crippen LogP contribution in [0.3, 0.4) is 0 Å². The van der Waals surface area contributed by atoms with Gasteiger partial charge in [-0.05, 0) is 29.7 Å². The number of halogens is 4. The zero-order chi connectivity index (χ0) is 22.3. The number of hydrogen-bond donors (Lipinski definition) is 1. The number of carbonyl (C=O) groups is 1. The fourth-order valence-corrected chi connectivity index (χ4v) is 3.35. The zero-order valence-electron chi connectivity index (χ0n) is 16.9. The van der Waals surface area contributed by atoms with Crippen LogP contribution in [-0.2, 0) is 13.1 Å². The lowest BCUT2D eigenvalue weighted by molar-refractivity contribution is -0.154. The van der Waals surface area contributed by atoms with Crippen LogP contribution >= 0.6 is 11.6 Å². The van der Waals surface area contributed by atoms with Gasteiger partial charge in [-0.15, -0.1) is 0 Å². The Balaban J connectivity index is 1.42. The monoisotopic (exact) mass is 456 g/mol. The summed E-state index contributed by atoms with van der Waals surface area (Å²) in [4.78, 5) is 20.4. The number of rotatable bonds is 6. The number of alkyl halides is 3. The van der Waals surface area contributed by atoms with E-state index in [2.05, 4.69) is 19.9 Å². The average Bonchev–Trinajstić information content (AvgIpc) is 2.98. The molecule has 2 aromatic rings. The lowest BCUT2D eigenvalue weighted by Crippen LogP contribution is -2.41. The van der Waals surface area contributed by atoms with Gasteiger partial charge in [0.25, 0.3) is 0 Å². The van der Waals surface area contributed by atoms with Crippen molar-refractivity contribution in [2.75, 3.05) is 32.8 Å². The van der Waals surface area contributed by atoms with Crippen molar-refractivity contribution in [2.24, 2.45) is 0 Å². The third-order valence-corrected chi connectivity index (χ3v) is 5.07. The Hall–Kier alpha value is -2.52. The molecule has 1 aliphatic rings. The van der Waals surface area contributed by atoms with Crippen LogP contribution in [0.5, 0.6) is 5.88 Å². The summed E-state index contributed by atoms with van der Waals surface area (Å²) >= 11 is 5.93. The molecule has 1 aromatic heterocycles. The summed E-state index contributed by atoms with van der Waals surface area (Å²) in [5, 5.41) is 3.55. The van der Waals surface area contributed by atoms with Gasteiger partial charge >= 0.3 is 12.2 Å². The second kappa shape index (κ2) is 10.7. The molecule has 1 aliphatic heterocycles. The van der Waals surface area contributed by atoms with Gasteiger partial charge in [-0.2, -0.15) is 13.2 Å². The Labute approximate surface area is 183 Å². The standard InChI is InChI=1S/C21H24ClF3N4O2/c22-18-5-2-16(3-6-18)14-28-8-1-9-29(11-10-28)20(30)27-13-17-4-7-19(26-12-17)31-15-21(23,24)25/h2-7,12H,1,8-11,13-15H2,(H,27,30). The summed E-state index contributed by atoms with van der Waals surface area (Å²) in [6, 6.07) is 10.5. The third-order valence-electron chi connectivity index (χ3n) is 4.82. The van der Waals surface area contributed by atoms with E-state index in [4.69, 9.17) is 11.6 Å². The Morgan fingerprint density at radius 1 is 1.06 bits per heavy atom. The van der Waals surface area contributed by atoms with Crippen LogP contribution in [0.2, 0.25) is 5.02 Å². The normalized spacial score (nSPS) is 15.4. The molecule has 1 N–H and O–H groups in total. The highest BCUT2D eigenvalue weighted by molar-refractivity contribution is 6.30. The van der Waals surface area contributed by atoms with Gasteiger partial charge in [0.05, 0.1) is 0 Å². The Morgan fingerprint density at radius 3 is 2.48 bits per heavy atom. The molecule has 2 heterocycles. The van der Waals surface area contributed by atoms with Crippen molar-refractivity contribution in [1.82, 2.24) is 20.1 Å². The number of nitrogens with zero attached hydrogens (tertiary/aromatic N) is 3. The number of amides is 2. The van der Waals surface area contributed by atoms with Gasteiger partial charge in [0, 0.05) is 56.6 Å². The molecule has 0 aliphatic carbocycles. The van der Waals surface area contributed by atoms with Crippen LogP contribution in [0.1, 0.15) is 17.5 Å². The minimum absolute atomic E-state index is 0.110. The first-order valence-electron chi connectivity index (χ1n) is 9.92. The lowest BCUT2D eigenvalue weighted by Gasteiger charge is -2.22. The first kappa shape index (κ1) is 23.1. The van der Waals surface area contributed by atoms with Gasteiger partial charge in [0.1, 0.15) is 0 Å². The number of ether oxygens (including phenoxy) is 1. The molecule has 0 bridgehead atoms. The molecule has 31 heavy (non-hydrogen) atoms. The summed E-state index contributed by atoms with van der Waals surface area (Å²) in [7, 11) is 0. The summed E-state index contributed by atoms with van der Waals surface area (Å²) in [5.41, 5.74) is 1.85. The van der Waals surface area contributed by atoms with Gasteiger partial charge in [0.15, 0.2) is 6.61 Å². The van der Waals surface area contributed by atoms with Gasteiger partial charge in [-0.1, -0.05) is 29.8 Å². The Morgan fingerprint density at radius 2 is 1.81 bits per heavy atom. The van der Waals surface area contributed by atoms with E-state index in [1.54, 1.807) is 11.0 Å². The zero-order valence-corrected chi connectivity index (χ0v) is 17.6. The minimum atomic E-state index is -4.41. The molecule has 0 radical (unpaired) electrons. The maximum absolute atomic E-state index is 12.5. The van der Waals surface area contributed by atoms with Crippen molar-refractivity contribution in [1.29, 1.82) is 0 Å². The molecule has 6 nitrogen and oxygen atoms in total. The fraction of sp³-hybridized carbons (Fsp3) is 0.429. The first-order valence-corrected chi connectivity index (χ1v) is 10.3. The summed E-state index contributed by atoms with van der Waals surface area (Å²) < 4.78 is 41.1. The SMILES string of the molecule is O=C(NCc1ccc(OCC(F)(F)F)nc1)N1CCCN(Cc2ccc(Cl)cc2)CC1. The molecule has 0 spiro atoms. The number of aromatic nitrogens is 1. The summed E-state index contributed by atoms with van der Waals surface area (Å²) in [6.45, 7) is 2.59. The van der Waals surface area contributed by atoms with Crippen molar-refractivity contribution >= 4 is 17.6 Å². The van der Waals surface area contributed by atoms with E-state index in [1.165, 1.54) is 17.8 Å². The second-order valence-electron chi connectivity index (χ2n) is 7.31. The predicted octanol–water partition coefficient (Wildman–Crippen LogP) is 4.09. The number of urea groups is 1. The van der Waals surface area contributed by atoms with Crippen LogP contribution < -0.4 is 10.1 Å². The van der Waals surface area contributed by atoms with Crippen molar-refractivity contribution in [3.05, 3.63) is 58.7 Å². The van der Waals surface area contributed by atoms with Crippen LogP contribution in [0, 0.1) is 0 Å². The van der Waals surface area contributed by atoms with Crippen LogP contribution in [0.25, 0.3) is 0 Å². The number of carbonyl (C=O) groups excluding carboxylic acids is 1. The van der Waals surface area contributed by atoms with E-state index >= 15 is 0 Å². The Kier molecular flexibility index (Phi) is 7.97. The summed E-state index contributed by atoms with van der Waals surface area (Å²) in [5.74, 6) is -0.110. The molecular weight excluding hydrogens is 433 g/mol. The van der Waals surface area contributed by atoms with E-state index in [1.807, 2.05) is 24.3 Å². The predicted molar refractivity (Wildman–Crippen MR) is 111 cm³/mol. The molecule has 1 aromatic carbocycles. The minimum Gasteiger partial charge on any atom is -0.468 e. The van der Waals surface area contributed by atoms with Crippen LogP contribution in [-0.4, -0.2) is 59.8 Å². The van der Waals surface area contributed by atoms with Crippen molar-refractivity contribution in [3.63, 3.8) is 0 Å². The number of pyridine rings is 1. The molecule has 1 saturated heterocycles. The van der Waals surface area contributed by atoms with Gasteiger partial charge in [0.2, 0.25) is 5.88 Å². The number of nitrogens with one attached hydrogen (secondary N) is 1. The van der Waals surface area contributed by atoms with Crippen LogP contribution in [0.15, 0.2) is 42.6 Å². The third kappa shape index (κ3) is 7.91. The van der Waals surface area contributed by atoms with E-state index in [0.717, 1.165) is 26.1 Å². The maximum atomic E-state index is 12.5. The summed E-state index contributed by atoms with van der Waals surface area (Å²) in [6.07, 6.45) is -2.15. The molecule has 3 rings (SSSR count). The van der Waals surface area contributed by atoms with Gasteiger partial charge in [-0.3, -0.25) is 4.90 Å². The fourth-order valence-electron chi connectivity index (χ4n) is 3.23. The quantitative estimate of drug-likeness (QED) is 0.711. The van der Waals surface area contributed by atoms with E-state index < -0.39 is 12.8 Å². The topological polar surface area (TPSA) is 57.7 Å². The maximum Gasteiger partial charge on any atom is 0.422 e. The van der Waals surface area contributed by atoms with E-state index in [0.29, 0.717) is 23.7 Å². The molecule has 10 heteroatoms. The highest BCUT2D eigenvalue weighted by Crippen LogP contribution is 2.17. The van der Waals surface area contributed by atoms with Crippen LogP contribution in [0.4, 0.5) is 18.0 Å². The number of benzene rings is 1. The number of hydrogen-bond acceptors (Lipinski definition) is 4.